The first-order chi connectivity index (χ1) is 17.9. The van der Waals surface area contributed by atoms with E-state index in [0.29, 0.717) is 29.1 Å². The standard InChI is InChI=1S/C34H52O5/c1-20(2)21-11-13-30(5)15-17-32(7)22(27(21)30)9-10-25-31(6)16-18-34(39,23(28(37)38)19-26(35)36)29(3,4)24(31)12-14-33(25,32)8/h19,21-22,24-25,27,39H,1,9-18H2,2-8H3,(H,35,36)(H,37,38)/b23-19+/t21-,22+,24-,25+,27+,30+,31-,32+,33+,34-/m0/s1. The van der Waals surface area contributed by atoms with Crippen LogP contribution in [0.1, 0.15) is 113 Å². The van der Waals surface area contributed by atoms with Crippen molar-refractivity contribution in [1.29, 1.82) is 0 Å². The Morgan fingerprint density at radius 3 is 2.05 bits per heavy atom. The van der Waals surface area contributed by atoms with Gasteiger partial charge in [-0.25, -0.2) is 9.59 Å². The summed E-state index contributed by atoms with van der Waals surface area (Å²) in [4.78, 5) is 23.8. The van der Waals surface area contributed by atoms with E-state index in [1.165, 1.54) is 44.1 Å². The van der Waals surface area contributed by atoms with Crippen LogP contribution in [0.15, 0.2) is 23.8 Å². The minimum atomic E-state index is -1.68. The van der Waals surface area contributed by atoms with Gasteiger partial charge in [-0.15, -0.1) is 0 Å². The molecule has 0 unspecified atom stereocenters. The number of allylic oxidation sites excluding steroid dienone is 1. The highest BCUT2D eigenvalue weighted by Gasteiger charge is 2.72. The first-order valence-electron chi connectivity index (χ1n) is 15.5. The average Bonchev–Trinajstić information content (AvgIpc) is 3.18. The summed E-state index contributed by atoms with van der Waals surface area (Å²) in [5, 5.41) is 31.4. The Balaban J connectivity index is 1.53. The number of hydrogen-bond acceptors (Lipinski definition) is 3. The van der Waals surface area contributed by atoms with E-state index >= 15 is 0 Å². The van der Waals surface area contributed by atoms with Crippen molar-refractivity contribution in [1.82, 2.24) is 0 Å². The van der Waals surface area contributed by atoms with Crippen LogP contribution in [-0.2, 0) is 9.59 Å². The lowest BCUT2D eigenvalue weighted by Gasteiger charge is -2.73. The van der Waals surface area contributed by atoms with Gasteiger partial charge in [0, 0.05) is 11.5 Å². The van der Waals surface area contributed by atoms with Gasteiger partial charge >= 0.3 is 11.9 Å². The van der Waals surface area contributed by atoms with Crippen LogP contribution in [0.2, 0.25) is 0 Å². The van der Waals surface area contributed by atoms with Gasteiger partial charge in [0.05, 0.1) is 5.57 Å². The molecule has 5 nitrogen and oxygen atoms in total. The molecule has 0 aromatic carbocycles. The highest BCUT2D eigenvalue weighted by molar-refractivity contribution is 5.96. The molecule has 10 atom stereocenters. The SMILES string of the molecule is C=C(C)[C@@H]1CC[C@]2(C)CC[C@]3(C)[C@H](CC[C@@H]4[C@@]5(C)CC[C@](O)(/C(=C/C(=O)O)C(=O)O)C(C)(C)[C@@H]5CC[C@]43C)[C@@H]12. The minimum Gasteiger partial charge on any atom is -0.478 e. The zero-order valence-electron chi connectivity index (χ0n) is 25.4. The normalized spacial score (nSPS) is 50.7. The van der Waals surface area contributed by atoms with E-state index in [2.05, 4.69) is 41.2 Å². The molecule has 0 amide bonds. The minimum absolute atomic E-state index is 0.0340. The summed E-state index contributed by atoms with van der Waals surface area (Å²) >= 11 is 0. The first-order valence-corrected chi connectivity index (χ1v) is 15.5. The molecule has 5 aliphatic carbocycles. The summed E-state index contributed by atoms with van der Waals surface area (Å²) in [7, 11) is 0. The highest BCUT2D eigenvalue weighted by Crippen LogP contribution is 2.78. The van der Waals surface area contributed by atoms with Crippen LogP contribution in [0, 0.1) is 56.7 Å². The lowest BCUT2D eigenvalue weighted by molar-refractivity contribution is -0.258. The predicted molar refractivity (Wildman–Crippen MR) is 153 cm³/mol. The molecule has 218 valence electrons. The second-order valence-electron chi connectivity index (χ2n) is 16.1. The number of hydrogen-bond donors (Lipinski definition) is 3. The van der Waals surface area contributed by atoms with E-state index in [1.807, 2.05) is 13.8 Å². The molecule has 0 spiro atoms. The number of carboxylic acids is 2. The molecule has 0 aliphatic heterocycles. The number of aliphatic carboxylic acids is 2. The van der Waals surface area contributed by atoms with Crippen LogP contribution in [-0.4, -0.2) is 32.9 Å². The zero-order chi connectivity index (χ0) is 29.0. The van der Waals surface area contributed by atoms with E-state index in [1.54, 1.807) is 0 Å². The molecular formula is C34H52O5. The molecule has 0 bridgehead atoms. The largest absolute Gasteiger partial charge is 0.478 e. The van der Waals surface area contributed by atoms with Crippen molar-refractivity contribution in [2.45, 2.75) is 118 Å². The maximum atomic E-state index is 12.2. The van der Waals surface area contributed by atoms with Crippen LogP contribution in [0.5, 0.6) is 0 Å². The fraction of sp³-hybridized carbons (Fsp3) is 0.824. The second kappa shape index (κ2) is 8.69. The Kier molecular flexibility index (Phi) is 6.44. The topological polar surface area (TPSA) is 94.8 Å². The lowest BCUT2D eigenvalue weighted by Crippen LogP contribution is -2.68. The van der Waals surface area contributed by atoms with E-state index in [4.69, 9.17) is 0 Å². The number of carboxylic acid groups (broad SMARTS) is 2. The Morgan fingerprint density at radius 1 is 0.795 bits per heavy atom. The average molecular weight is 541 g/mol. The summed E-state index contributed by atoms with van der Waals surface area (Å²) in [5.41, 5.74) is -0.624. The molecule has 5 saturated carbocycles. The second-order valence-corrected chi connectivity index (χ2v) is 16.1. The van der Waals surface area contributed by atoms with Crippen LogP contribution >= 0.6 is 0 Å². The molecule has 0 saturated heterocycles. The van der Waals surface area contributed by atoms with Gasteiger partial charge < -0.3 is 15.3 Å². The summed E-state index contributed by atoms with van der Waals surface area (Å²) in [5.74, 6) is -0.0000434. The Hall–Kier alpha value is -1.62. The summed E-state index contributed by atoms with van der Waals surface area (Å²) < 4.78 is 0. The van der Waals surface area contributed by atoms with Gasteiger partial charge in [0.25, 0.3) is 0 Å². The lowest BCUT2D eigenvalue weighted by atomic mass is 9.31. The van der Waals surface area contributed by atoms with E-state index < -0.39 is 23.0 Å². The van der Waals surface area contributed by atoms with Crippen molar-refractivity contribution >= 4 is 11.9 Å². The molecule has 0 radical (unpaired) electrons. The maximum Gasteiger partial charge on any atom is 0.334 e. The van der Waals surface area contributed by atoms with Crippen LogP contribution < -0.4 is 0 Å². The van der Waals surface area contributed by atoms with Crippen molar-refractivity contribution in [2.24, 2.45) is 56.7 Å². The predicted octanol–water partition coefficient (Wildman–Crippen LogP) is 7.49. The van der Waals surface area contributed by atoms with Gasteiger partial charge in [-0.1, -0.05) is 53.7 Å². The molecule has 0 aromatic rings. The van der Waals surface area contributed by atoms with Gasteiger partial charge in [-0.05, 0) is 122 Å². The molecule has 0 aromatic heterocycles. The van der Waals surface area contributed by atoms with Gasteiger partial charge in [0.2, 0.25) is 0 Å². The third kappa shape index (κ3) is 3.59. The van der Waals surface area contributed by atoms with E-state index in [9.17, 15) is 24.9 Å². The van der Waals surface area contributed by atoms with E-state index in [0.717, 1.165) is 25.3 Å². The van der Waals surface area contributed by atoms with Crippen LogP contribution in [0.25, 0.3) is 0 Å². The first kappa shape index (κ1) is 28.9. The smallest absolute Gasteiger partial charge is 0.334 e. The van der Waals surface area contributed by atoms with E-state index in [-0.39, 0.29) is 34.2 Å². The van der Waals surface area contributed by atoms with Gasteiger partial charge in [-0.3, -0.25) is 0 Å². The Bertz CT molecular complexity index is 1120. The Labute approximate surface area is 235 Å². The Morgan fingerprint density at radius 2 is 1.46 bits per heavy atom. The molecule has 5 aliphatic rings. The number of carbonyl (C=O) groups is 2. The number of rotatable bonds is 4. The molecule has 39 heavy (non-hydrogen) atoms. The number of aliphatic hydroxyl groups is 1. The van der Waals surface area contributed by atoms with Gasteiger partial charge in [-0.2, -0.15) is 0 Å². The summed E-state index contributed by atoms with van der Waals surface area (Å²) in [6, 6.07) is 0. The van der Waals surface area contributed by atoms with Crippen LogP contribution in [0.4, 0.5) is 0 Å². The molecule has 3 N–H and O–H groups in total. The molecular weight excluding hydrogens is 488 g/mol. The fourth-order valence-electron chi connectivity index (χ4n) is 12.4. The monoisotopic (exact) mass is 540 g/mol. The van der Waals surface area contributed by atoms with Crippen molar-refractivity contribution < 1.29 is 24.9 Å². The number of fused-ring (bicyclic) bond motifs is 7. The molecule has 0 heterocycles. The quantitative estimate of drug-likeness (QED) is 0.254. The fourth-order valence-corrected chi connectivity index (χ4v) is 12.4. The van der Waals surface area contributed by atoms with Crippen molar-refractivity contribution in [3.63, 3.8) is 0 Å². The maximum absolute atomic E-state index is 12.2. The highest BCUT2D eigenvalue weighted by atomic mass is 16.4. The third-order valence-corrected chi connectivity index (χ3v) is 14.7. The van der Waals surface area contributed by atoms with Gasteiger partial charge in [0.1, 0.15) is 5.60 Å². The molecule has 5 rings (SSSR count). The molecule has 5 heteroatoms. The van der Waals surface area contributed by atoms with Crippen molar-refractivity contribution in [2.75, 3.05) is 0 Å². The van der Waals surface area contributed by atoms with Crippen molar-refractivity contribution in [3.8, 4) is 0 Å². The summed E-state index contributed by atoms with van der Waals surface area (Å²) in [6.07, 6.45) is 11.4. The van der Waals surface area contributed by atoms with Gasteiger partial charge in [0.15, 0.2) is 0 Å². The zero-order valence-corrected chi connectivity index (χ0v) is 25.4. The molecule has 5 fully saturated rings. The third-order valence-electron chi connectivity index (χ3n) is 14.7. The summed E-state index contributed by atoms with van der Waals surface area (Å²) in [6.45, 7) is 20.9. The van der Waals surface area contributed by atoms with Crippen LogP contribution in [0.3, 0.4) is 0 Å². The van der Waals surface area contributed by atoms with Crippen molar-refractivity contribution in [3.05, 3.63) is 23.8 Å².